The monoisotopic (exact) mass is 257 g/mol. The summed E-state index contributed by atoms with van der Waals surface area (Å²) in [5.74, 6) is -0.293. The number of hydrogen-bond donors (Lipinski definition) is 1. The van der Waals surface area contributed by atoms with Gasteiger partial charge in [-0.25, -0.2) is 0 Å². The van der Waals surface area contributed by atoms with E-state index in [1.807, 2.05) is 6.92 Å². The van der Waals surface area contributed by atoms with Crippen LogP contribution in [0.3, 0.4) is 0 Å². The lowest BCUT2D eigenvalue weighted by Gasteiger charge is -2.07. The van der Waals surface area contributed by atoms with Crippen molar-refractivity contribution in [3.05, 3.63) is 0 Å². The van der Waals surface area contributed by atoms with Gasteiger partial charge in [-0.15, -0.1) is 0 Å². The molecule has 0 aliphatic rings. The molecule has 0 radical (unpaired) electrons. The second-order valence-electron chi connectivity index (χ2n) is 4.48. The molecule has 0 spiro atoms. The summed E-state index contributed by atoms with van der Waals surface area (Å²) in [6, 6.07) is 0. The zero-order valence-electron chi connectivity index (χ0n) is 11.2. The number of carbonyl (C=O) groups is 3. The van der Waals surface area contributed by atoms with Crippen molar-refractivity contribution in [2.75, 3.05) is 7.11 Å². The van der Waals surface area contributed by atoms with Crippen LogP contribution in [0.5, 0.6) is 0 Å². The Morgan fingerprint density at radius 2 is 1.56 bits per heavy atom. The highest BCUT2D eigenvalue weighted by Crippen LogP contribution is 2.07. The number of hydrogen-bond acceptors (Lipinski definition) is 4. The maximum atomic E-state index is 11.5. The average Bonchev–Trinajstić information content (AvgIpc) is 2.32. The van der Waals surface area contributed by atoms with Crippen molar-refractivity contribution in [3.63, 3.8) is 0 Å². The molecule has 2 N–H and O–H groups in total. The number of nitrogens with two attached hydrogens (primary N) is 1. The fourth-order valence-corrected chi connectivity index (χ4v) is 1.47. The summed E-state index contributed by atoms with van der Waals surface area (Å²) in [5.41, 5.74) is 4.97. The third-order valence-electron chi connectivity index (χ3n) is 2.79. The van der Waals surface area contributed by atoms with Crippen LogP contribution in [0.1, 0.15) is 51.9 Å². The van der Waals surface area contributed by atoms with Gasteiger partial charge in [-0.1, -0.05) is 0 Å². The van der Waals surface area contributed by atoms with Crippen molar-refractivity contribution in [3.8, 4) is 0 Å². The predicted molar refractivity (Wildman–Crippen MR) is 68.0 cm³/mol. The van der Waals surface area contributed by atoms with E-state index in [9.17, 15) is 14.4 Å². The molecule has 18 heavy (non-hydrogen) atoms. The molecule has 0 saturated heterocycles. The van der Waals surface area contributed by atoms with Gasteiger partial charge in [0.2, 0.25) is 5.91 Å². The molecule has 104 valence electrons. The van der Waals surface area contributed by atoms with Gasteiger partial charge in [-0.2, -0.15) is 0 Å². The Labute approximate surface area is 108 Å². The van der Waals surface area contributed by atoms with Gasteiger partial charge in [-0.05, 0) is 19.8 Å². The Bertz CT molecular complexity index is 289. The van der Waals surface area contributed by atoms with Gasteiger partial charge in [0, 0.05) is 39.2 Å². The Morgan fingerprint density at radius 3 is 2.06 bits per heavy atom. The van der Waals surface area contributed by atoms with E-state index >= 15 is 0 Å². The molecular formula is C13H23NO4. The van der Waals surface area contributed by atoms with Crippen molar-refractivity contribution in [1.29, 1.82) is 0 Å². The average molecular weight is 257 g/mol. The summed E-state index contributed by atoms with van der Waals surface area (Å²) < 4.78 is 5.04. The molecule has 1 amide bonds. The molecular weight excluding hydrogens is 234 g/mol. The van der Waals surface area contributed by atoms with Gasteiger partial charge in [0.1, 0.15) is 11.6 Å². The summed E-state index contributed by atoms with van der Waals surface area (Å²) in [4.78, 5) is 33.3. The number of carbonyl (C=O) groups excluding carboxylic acids is 3. The fraction of sp³-hybridized carbons (Fsp3) is 0.769. The van der Waals surface area contributed by atoms with E-state index in [-0.39, 0.29) is 36.9 Å². The summed E-state index contributed by atoms with van der Waals surface area (Å²) in [5, 5.41) is 0. The number of amides is 1. The van der Waals surface area contributed by atoms with Gasteiger partial charge in [0.15, 0.2) is 0 Å². The van der Waals surface area contributed by atoms with Crippen LogP contribution in [0.2, 0.25) is 0 Å². The smallest absolute Gasteiger partial charge is 0.217 e. The number of methoxy groups -OCH3 is 1. The molecule has 0 heterocycles. The molecule has 0 bridgehead atoms. The molecule has 5 nitrogen and oxygen atoms in total. The summed E-state index contributed by atoms with van der Waals surface area (Å²) in [7, 11) is 1.61. The van der Waals surface area contributed by atoms with Crippen LogP contribution in [0.25, 0.3) is 0 Å². The number of primary amides is 1. The van der Waals surface area contributed by atoms with Gasteiger partial charge < -0.3 is 10.5 Å². The van der Waals surface area contributed by atoms with Crippen LogP contribution < -0.4 is 5.73 Å². The van der Waals surface area contributed by atoms with Crippen molar-refractivity contribution in [2.45, 2.75) is 58.0 Å². The fourth-order valence-electron chi connectivity index (χ4n) is 1.47. The zero-order chi connectivity index (χ0) is 14.0. The third-order valence-corrected chi connectivity index (χ3v) is 2.79. The summed E-state index contributed by atoms with van der Waals surface area (Å²) in [6.07, 6.45) is 2.78. The molecule has 1 atom stereocenters. The normalized spacial score (nSPS) is 12.1. The van der Waals surface area contributed by atoms with Gasteiger partial charge in [0.25, 0.3) is 0 Å². The molecule has 0 saturated carbocycles. The van der Waals surface area contributed by atoms with Gasteiger partial charge >= 0.3 is 0 Å². The first-order chi connectivity index (χ1) is 8.45. The molecule has 0 rings (SSSR count). The molecule has 5 heteroatoms. The minimum atomic E-state index is -0.396. The van der Waals surface area contributed by atoms with Crippen LogP contribution in [0.4, 0.5) is 0 Å². The second-order valence-corrected chi connectivity index (χ2v) is 4.48. The van der Waals surface area contributed by atoms with Crippen LogP contribution in [-0.2, 0) is 19.1 Å². The molecule has 0 aromatic rings. The van der Waals surface area contributed by atoms with E-state index in [4.69, 9.17) is 10.5 Å². The zero-order valence-corrected chi connectivity index (χ0v) is 11.2. The maximum absolute atomic E-state index is 11.5. The number of Topliss-reactive ketones (excluding diaryl/α,β-unsaturated/α-hetero) is 2. The first-order valence-corrected chi connectivity index (χ1v) is 6.30. The van der Waals surface area contributed by atoms with Crippen molar-refractivity contribution < 1.29 is 19.1 Å². The molecule has 0 aliphatic carbocycles. The SMILES string of the molecule is COC(C)CCC(=O)CCC(=O)CCCC(N)=O. The Morgan fingerprint density at radius 1 is 1.00 bits per heavy atom. The number of ether oxygens (including phenoxy) is 1. The molecule has 0 aliphatic heterocycles. The molecule has 0 fully saturated rings. The van der Waals surface area contributed by atoms with E-state index in [1.165, 1.54) is 0 Å². The van der Waals surface area contributed by atoms with Crippen LogP contribution in [0.15, 0.2) is 0 Å². The summed E-state index contributed by atoms with van der Waals surface area (Å²) in [6.45, 7) is 1.91. The van der Waals surface area contributed by atoms with Crippen molar-refractivity contribution >= 4 is 17.5 Å². The maximum Gasteiger partial charge on any atom is 0.217 e. The summed E-state index contributed by atoms with van der Waals surface area (Å²) >= 11 is 0. The highest BCUT2D eigenvalue weighted by atomic mass is 16.5. The lowest BCUT2D eigenvalue weighted by molar-refractivity contribution is -0.124. The van der Waals surface area contributed by atoms with E-state index in [0.29, 0.717) is 25.7 Å². The van der Waals surface area contributed by atoms with E-state index in [1.54, 1.807) is 7.11 Å². The van der Waals surface area contributed by atoms with E-state index in [0.717, 1.165) is 0 Å². The van der Waals surface area contributed by atoms with Crippen LogP contribution >= 0.6 is 0 Å². The predicted octanol–water partition coefficient (Wildman–Crippen LogP) is 1.38. The largest absolute Gasteiger partial charge is 0.382 e. The first kappa shape index (κ1) is 16.8. The van der Waals surface area contributed by atoms with Gasteiger partial charge in [0.05, 0.1) is 6.10 Å². The molecule has 1 unspecified atom stereocenters. The van der Waals surface area contributed by atoms with E-state index < -0.39 is 5.91 Å². The second kappa shape index (κ2) is 9.76. The highest BCUT2D eigenvalue weighted by molar-refractivity contribution is 5.86. The Kier molecular flexibility index (Phi) is 9.10. The standard InChI is InChI=1S/C13H23NO4/c1-10(18-2)6-7-12(16)9-8-11(15)4-3-5-13(14)17/h10H,3-9H2,1-2H3,(H2,14,17). The van der Waals surface area contributed by atoms with Crippen LogP contribution in [0, 0.1) is 0 Å². The molecule has 0 aromatic carbocycles. The topological polar surface area (TPSA) is 86.5 Å². The number of ketones is 2. The van der Waals surface area contributed by atoms with Crippen molar-refractivity contribution in [1.82, 2.24) is 0 Å². The minimum Gasteiger partial charge on any atom is -0.382 e. The minimum absolute atomic E-state index is 0.0180. The Balaban J connectivity index is 3.59. The van der Waals surface area contributed by atoms with E-state index in [2.05, 4.69) is 0 Å². The lowest BCUT2D eigenvalue weighted by Crippen LogP contribution is -2.12. The third kappa shape index (κ3) is 9.96. The lowest BCUT2D eigenvalue weighted by atomic mass is 10.0. The van der Waals surface area contributed by atoms with Crippen LogP contribution in [-0.4, -0.2) is 30.7 Å². The quantitative estimate of drug-likeness (QED) is 0.605. The number of rotatable bonds is 11. The first-order valence-electron chi connectivity index (χ1n) is 6.30. The van der Waals surface area contributed by atoms with Gasteiger partial charge in [-0.3, -0.25) is 14.4 Å². The highest BCUT2D eigenvalue weighted by Gasteiger charge is 2.09. The molecule has 0 aromatic heterocycles. The Hall–Kier alpha value is -1.23. The van der Waals surface area contributed by atoms with Crippen molar-refractivity contribution in [2.24, 2.45) is 5.73 Å².